The monoisotopic (exact) mass is 634 g/mol. The average molecular weight is 635 g/mol. The number of fused-ring (bicyclic) bond motifs is 9. The molecule has 0 amide bonds. The Bertz CT molecular complexity index is 3380. The number of nitrogens with zero attached hydrogens (tertiary/aromatic N) is 4. The molecule has 0 N–H and O–H groups in total. The summed E-state index contributed by atoms with van der Waals surface area (Å²) < 4.78 is 4.76. The molecule has 0 aliphatic heterocycles. The van der Waals surface area contributed by atoms with E-state index in [9.17, 15) is 0 Å². The number of hydrogen-bond acceptors (Lipinski definition) is 2. The molecule has 0 saturated heterocycles. The summed E-state index contributed by atoms with van der Waals surface area (Å²) in [6, 6.07) is 57.0. The second kappa shape index (κ2) is 9.43. The highest BCUT2D eigenvalue weighted by Crippen LogP contribution is 2.44. The van der Waals surface area contributed by atoms with Crippen LogP contribution >= 0.6 is 0 Å². The summed E-state index contributed by atoms with van der Waals surface area (Å²) in [7, 11) is 0. The molecule has 0 radical (unpaired) electrons. The van der Waals surface area contributed by atoms with Gasteiger partial charge in [0, 0.05) is 37.9 Å². The molecule has 0 aliphatic rings. The molecule has 230 valence electrons. The van der Waals surface area contributed by atoms with Gasteiger partial charge in [-0.05, 0) is 63.3 Å². The van der Waals surface area contributed by atoms with Gasteiger partial charge in [-0.15, -0.1) is 0 Å². The van der Waals surface area contributed by atoms with Gasteiger partial charge in [0.05, 0.1) is 38.8 Å². The van der Waals surface area contributed by atoms with Gasteiger partial charge in [-0.1, -0.05) is 121 Å². The minimum atomic E-state index is 0.668. The van der Waals surface area contributed by atoms with E-state index in [4.69, 9.17) is 9.97 Å². The van der Waals surface area contributed by atoms with E-state index < -0.39 is 0 Å². The molecule has 0 saturated carbocycles. The highest BCUT2D eigenvalue weighted by atomic mass is 15.2. The molecule has 4 nitrogen and oxygen atoms in total. The Labute approximate surface area is 285 Å². The maximum atomic E-state index is 5.54. The zero-order valence-corrected chi connectivity index (χ0v) is 26.8. The second-order valence-corrected chi connectivity index (χ2v) is 13.4. The number of benzene rings is 8. The molecule has 50 heavy (non-hydrogen) atoms. The molecule has 0 atom stereocenters. The maximum absolute atomic E-state index is 5.54. The zero-order chi connectivity index (χ0) is 32.5. The normalized spacial score (nSPS) is 12.4. The van der Waals surface area contributed by atoms with Crippen molar-refractivity contribution in [3.05, 3.63) is 158 Å². The topological polar surface area (TPSA) is 35.1 Å². The molecule has 0 spiro atoms. The van der Waals surface area contributed by atoms with Crippen molar-refractivity contribution in [2.75, 3.05) is 0 Å². The van der Waals surface area contributed by atoms with Crippen LogP contribution in [-0.4, -0.2) is 18.9 Å². The van der Waals surface area contributed by atoms with Crippen molar-refractivity contribution >= 4 is 92.3 Å². The van der Waals surface area contributed by atoms with E-state index in [2.05, 4.69) is 167 Å². The van der Waals surface area contributed by atoms with Crippen molar-refractivity contribution in [2.45, 2.75) is 0 Å². The molecule has 0 fully saturated rings. The summed E-state index contributed by atoms with van der Waals surface area (Å²) in [5, 5.41) is 13.3. The van der Waals surface area contributed by atoms with E-state index in [1.807, 2.05) is 0 Å². The lowest BCUT2D eigenvalue weighted by atomic mass is 9.98. The van der Waals surface area contributed by atoms with Gasteiger partial charge >= 0.3 is 0 Å². The van der Waals surface area contributed by atoms with Crippen molar-refractivity contribution in [3.63, 3.8) is 0 Å². The van der Waals surface area contributed by atoms with E-state index in [1.165, 1.54) is 65.0 Å². The van der Waals surface area contributed by atoms with Gasteiger partial charge in [0.2, 0.25) is 5.95 Å². The Morgan fingerprint density at radius 2 is 1.00 bits per heavy atom. The fraction of sp³-hybridized carbons (Fsp3) is 0. The Balaban J connectivity index is 1.27. The quantitative estimate of drug-likeness (QED) is 0.177. The van der Waals surface area contributed by atoms with Crippen LogP contribution in [0.3, 0.4) is 0 Å². The number of hydrogen-bond donors (Lipinski definition) is 0. The fourth-order valence-corrected chi connectivity index (χ4v) is 8.74. The Kier molecular flexibility index (Phi) is 4.94. The largest absolute Gasteiger partial charge is 0.308 e. The molecule has 4 aromatic heterocycles. The van der Waals surface area contributed by atoms with Gasteiger partial charge in [0.25, 0.3) is 0 Å². The van der Waals surface area contributed by atoms with Gasteiger partial charge in [0.15, 0.2) is 0 Å². The van der Waals surface area contributed by atoms with Crippen LogP contribution in [0.25, 0.3) is 110 Å². The van der Waals surface area contributed by atoms with Gasteiger partial charge in [-0.25, -0.2) is 9.97 Å². The van der Waals surface area contributed by atoms with Crippen LogP contribution in [0.2, 0.25) is 0 Å². The molecule has 8 aromatic carbocycles. The molecule has 4 heterocycles. The lowest BCUT2D eigenvalue weighted by Crippen LogP contribution is -2.04. The first-order valence-electron chi connectivity index (χ1n) is 17.1. The lowest BCUT2D eigenvalue weighted by Gasteiger charge is -2.14. The molecule has 0 bridgehead atoms. The molecule has 0 unspecified atom stereocenters. The van der Waals surface area contributed by atoms with Crippen LogP contribution in [-0.2, 0) is 0 Å². The van der Waals surface area contributed by atoms with Crippen LogP contribution in [0, 0.1) is 0 Å². The van der Waals surface area contributed by atoms with Gasteiger partial charge in [-0.2, -0.15) is 0 Å². The average Bonchev–Trinajstić information content (AvgIpc) is 3.66. The van der Waals surface area contributed by atoms with Crippen LogP contribution in [0.5, 0.6) is 0 Å². The third-order valence-electron chi connectivity index (χ3n) is 10.8. The van der Waals surface area contributed by atoms with E-state index >= 15 is 0 Å². The standard InChI is InChI=1S/C46H26N4/c1-2-12-29-26-30(23-22-27(29)10-1)44-41-31-13-4-3-11-28(31)24-25-36(41)47-46(48-44)50-38-19-8-15-33-35-17-7-16-34-32-14-5-6-18-37(32)49(45(34)35)39-20-9-21-40(50)43(39)42(33)38/h1-26H. The van der Waals surface area contributed by atoms with Crippen molar-refractivity contribution in [3.8, 4) is 17.2 Å². The van der Waals surface area contributed by atoms with Gasteiger partial charge in [-0.3, -0.25) is 4.57 Å². The first-order valence-corrected chi connectivity index (χ1v) is 17.1. The van der Waals surface area contributed by atoms with E-state index in [0.29, 0.717) is 5.95 Å². The van der Waals surface area contributed by atoms with Crippen LogP contribution in [0.4, 0.5) is 0 Å². The first-order chi connectivity index (χ1) is 24.8. The predicted octanol–water partition coefficient (Wildman–Crippen LogP) is 11.9. The molecular weight excluding hydrogens is 609 g/mol. The van der Waals surface area contributed by atoms with Crippen molar-refractivity contribution in [1.29, 1.82) is 0 Å². The minimum absolute atomic E-state index is 0.668. The SMILES string of the molecule is c1ccc2cc(-c3nc(-n4c5cccc6c7cccc8c9ccccc9n(c9cccc4c9c65)c78)nc4ccc5ccccc5c34)ccc2c1. The molecule has 12 rings (SSSR count). The van der Waals surface area contributed by atoms with Gasteiger partial charge in [0.1, 0.15) is 0 Å². The summed E-state index contributed by atoms with van der Waals surface area (Å²) in [5.41, 5.74) is 8.77. The maximum Gasteiger partial charge on any atom is 0.235 e. The van der Waals surface area contributed by atoms with Crippen LogP contribution in [0.1, 0.15) is 0 Å². The first kappa shape index (κ1) is 26.2. The van der Waals surface area contributed by atoms with Crippen molar-refractivity contribution < 1.29 is 0 Å². The Morgan fingerprint density at radius 1 is 0.380 bits per heavy atom. The van der Waals surface area contributed by atoms with Crippen molar-refractivity contribution in [1.82, 2.24) is 18.9 Å². The van der Waals surface area contributed by atoms with Crippen LogP contribution < -0.4 is 0 Å². The second-order valence-electron chi connectivity index (χ2n) is 13.4. The fourth-order valence-electron chi connectivity index (χ4n) is 8.74. The third-order valence-corrected chi connectivity index (χ3v) is 10.8. The third kappa shape index (κ3) is 3.30. The molecular formula is C46H26N4. The van der Waals surface area contributed by atoms with E-state index in [0.717, 1.165) is 38.6 Å². The summed E-state index contributed by atoms with van der Waals surface area (Å²) >= 11 is 0. The molecule has 12 aromatic rings. The zero-order valence-electron chi connectivity index (χ0n) is 26.8. The minimum Gasteiger partial charge on any atom is -0.308 e. The number of rotatable bonds is 2. The van der Waals surface area contributed by atoms with Gasteiger partial charge < -0.3 is 4.40 Å². The highest BCUT2D eigenvalue weighted by molar-refractivity contribution is 6.31. The summed E-state index contributed by atoms with van der Waals surface area (Å²) in [5.74, 6) is 0.668. The number of aromatic nitrogens is 4. The summed E-state index contributed by atoms with van der Waals surface area (Å²) in [6.07, 6.45) is 0. The lowest BCUT2D eigenvalue weighted by molar-refractivity contribution is 1.01. The van der Waals surface area contributed by atoms with E-state index in [-0.39, 0.29) is 0 Å². The van der Waals surface area contributed by atoms with E-state index in [1.54, 1.807) is 0 Å². The predicted molar refractivity (Wildman–Crippen MR) is 209 cm³/mol. The summed E-state index contributed by atoms with van der Waals surface area (Å²) in [4.78, 5) is 10.9. The Morgan fingerprint density at radius 3 is 1.90 bits per heavy atom. The summed E-state index contributed by atoms with van der Waals surface area (Å²) in [6.45, 7) is 0. The number of para-hydroxylation sites is 2. The highest BCUT2D eigenvalue weighted by Gasteiger charge is 2.23. The molecule has 4 heteroatoms. The molecule has 0 aliphatic carbocycles. The Hall–Kier alpha value is -6.78. The van der Waals surface area contributed by atoms with Crippen LogP contribution in [0.15, 0.2) is 158 Å². The smallest absolute Gasteiger partial charge is 0.235 e. The van der Waals surface area contributed by atoms with Crippen molar-refractivity contribution in [2.24, 2.45) is 0 Å².